The minimum atomic E-state index is -3.28. The zero-order valence-electron chi connectivity index (χ0n) is 19.8. The van der Waals surface area contributed by atoms with Crippen LogP contribution < -0.4 is 10.1 Å². The van der Waals surface area contributed by atoms with Crippen LogP contribution in [0.3, 0.4) is 0 Å². The number of amides is 1. The Balaban J connectivity index is 1.42. The van der Waals surface area contributed by atoms with E-state index in [9.17, 15) is 17.6 Å². The van der Waals surface area contributed by atoms with E-state index in [4.69, 9.17) is 21.1 Å². The van der Waals surface area contributed by atoms with Gasteiger partial charge in [-0.25, -0.2) is 12.8 Å². The molecule has 1 saturated heterocycles. The highest BCUT2D eigenvalue weighted by Crippen LogP contribution is 2.38. The third-order valence-electron chi connectivity index (χ3n) is 6.22. The van der Waals surface area contributed by atoms with E-state index >= 15 is 0 Å². The molecule has 0 saturated carbocycles. The summed E-state index contributed by atoms with van der Waals surface area (Å²) in [7, 11) is -3.28. The number of hydrogen-bond donors (Lipinski definition) is 1. The zero-order chi connectivity index (χ0) is 25.8. The molecule has 0 aromatic heterocycles. The summed E-state index contributed by atoms with van der Waals surface area (Å²) < 4.78 is 49.9. The van der Waals surface area contributed by atoms with Crippen molar-refractivity contribution >= 4 is 33.0 Å². The van der Waals surface area contributed by atoms with Gasteiger partial charge in [0.15, 0.2) is 9.84 Å². The number of rotatable bonds is 8. The van der Waals surface area contributed by atoms with E-state index in [1.807, 2.05) is 0 Å². The quantitative estimate of drug-likeness (QED) is 0.413. The Labute approximate surface area is 215 Å². The molecule has 0 aliphatic carbocycles. The average molecular weight is 532 g/mol. The molecule has 1 aliphatic rings. The first-order chi connectivity index (χ1) is 17.2. The molecule has 0 spiro atoms. The normalized spacial score (nSPS) is 15.3. The van der Waals surface area contributed by atoms with E-state index in [1.54, 1.807) is 49.4 Å². The molecule has 3 aromatic carbocycles. The Kier molecular flexibility index (Phi) is 7.97. The van der Waals surface area contributed by atoms with Gasteiger partial charge in [-0.2, -0.15) is 0 Å². The number of anilines is 1. The largest absolute Gasteiger partial charge is 0.482 e. The summed E-state index contributed by atoms with van der Waals surface area (Å²) in [6, 6.07) is 18.0. The zero-order valence-corrected chi connectivity index (χ0v) is 21.4. The highest BCUT2D eigenvalue weighted by atomic mass is 35.5. The van der Waals surface area contributed by atoms with Crippen LogP contribution in [0.15, 0.2) is 71.6 Å². The number of carbonyl (C=O) groups excluding carboxylic acids is 1. The first-order valence-electron chi connectivity index (χ1n) is 11.6. The highest BCUT2D eigenvalue weighted by Gasteiger charge is 2.37. The molecule has 0 unspecified atom stereocenters. The molecule has 0 radical (unpaired) electrons. The molecule has 9 heteroatoms. The lowest BCUT2D eigenvalue weighted by atomic mass is 9.86. The molecule has 1 amide bonds. The summed E-state index contributed by atoms with van der Waals surface area (Å²) >= 11 is 5.87. The fourth-order valence-corrected chi connectivity index (χ4v) is 5.14. The van der Waals surface area contributed by atoms with Crippen LogP contribution in [0, 0.1) is 5.82 Å². The van der Waals surface area contributed by atoms with Gasteiger partial charge in [-0.1, -0.05) is 36.7 Å². The number of sulfone groups is 1. The predicted octanol–water partition coefficient (Wildman–Crippen LogP) is 5.54. The van der Waals surface area contributed by atoms with E-state index in [0.29, 0.717) is 48.6 Å². The summed E-state index contributed by atoms with van der Waals surface area (Å²) in [4.78, 5) is 12.7. The maximum atomic E-state index is 14.2. The number of halogens is 2. The van der Waals surface area contributed by atoms with Gasteiger partial charge in [-0.3, -0.25) is 4.79 Å². The molecule has 190 valence electrons. The second-order valence-corrected chi connectivity index (χ2v) is 11.3. The third kappa shape index (κ3) is 6.06. The maximum Gasteiger partial charge on any atom is 0.228 e. The van der Waals surface area contributed by atoms with Crippen molar-refractivity contribution in [2.24, 2.45) is 0 Å². The van der Waals surface area contributed by atoms with Gasteiger partial charge >= 0.3 is 0 Å². The van der Waals surface area contributed by atoms with Gasteiger partial charge in [0, 0.05) is 18.5 Å². The summed E-state index contributed by atoms with van der Waals surface area (Å²) in [5.41, 5.74) is 1.25. The van der Waals surface area contributed by atoms with Gasteiger partial charge in [0.05, 0.1) is 35.3 Å². The minimum Gasteiger partial charge on any atom is -0.482 e. The van der Waals surface area contributed by atoms with Crippen molar-refractivity contribution in [2.75, 3.05) is 24.3 Å². The molecular weight excluding hydrogens is 505 g/mol. The fraction of sp³-hybridized carbons (Fsp3) is 0.296. The van der Waals surface area contributed by atoms with Crippen LogP contribution >= 0.6 is 11.6 Å². The van der Waals surface area contributed by atoms with Gasteiger partial charge in [0.1, 0.15) is 17.2 Å². The van der Waals surface area contributed by atoms with Gasteiger partial charge in [0.2, 0.25) is 5.91 Å². The standard InChI is InChI=1S/C27H27ClFNO5S/c1-2-36(32,33)23-10-3-19(4-11-23)17-26(31)30-21-6-8-22(9-7-21)35-27(13-15-34-16-14-27)20-5-12-24(28)25(29)18-20/h3-12,18H,2,13-17H2,1H3,(H,30,31). The lowest BCUT2D eigenvalue weighted by molar-refractivity contribution is -0.115. The van der Waals surface area contributed by atoms with Gasteiger partial charge in [-0.15, -0.1) is 0 Å². The summed E-state index contributed by atoms with van der Waals surface area (Å²) in [6.45, 7) is 2.57. The maximum absolute atomic E-state index is 14.2. The molecule has 1 heterocycles. The second kappa shape index (κ2) is 11.0. The lowest BCUT2D eigenvalue weighted by Gasteiger charge is -2.38. The first kappa shape index (κ1) is 26.1. The Morgan fingerprint density at radius 1 is 1.06 bits per heavy atom. The van der Waals surface area contributed by atoms with Crippen LogP contribution in [-0.2, 0) is 31.4 Å². The number of carbonyl (C=O) groups is 1. The lowest BCUT2D eigenvalue weighted by Crippen LogP contribution is -2.39. The minimum absolute atomic E-state index is 0.0258. The number of nitrogens with one attached hydrogen (secondary N) is 1. The number of hydrogen-bond acceptors (Lipinski definition) is 5. The second-order valence-electron chi connectivity index (χ2n) is 8.63. The van der Waals surface area contributed by atoms with Gasteiger partial charge in [-0.05, 0) is 59.7 Å². The molecule has 1 aliphatic heterocycles. The molecular formula is C27H27ClFNO5S. The molecule has 6 nitrogen and oxygen atoms in total. The fourth-order valence-electron chi connectivity index (χ4n) is 4.13. The molecule has 0 atom stereocenters. The molecule has 1 N–H and O–H groups in total. The summed E-state index contributed by atoms with van der Waals surface area (Å²) in [6.07, 6.45) is 1.23. The van der Waals surface area contributed by atoms with E-state index in [0.717, 1.165) is 0 Å². The van der Waals surface area contributed by atoms with Crippen LogP contribution in [-0.4, -0.2) is 33.3 Å². The number of ether oxygens (including phenoxy) is 2. The van der Waals surface area contributed by atoms with E-state index in [1.165, 1.54) is 24.3 Å². The van der Waals surface area contributed by atoms with Crippen LogP contribution in [0.25, 0.3) is 0 Å². The third-order valence-corrected chi connectivity index (χ3v) is 8.28. The Bertz CT molecular complexity index is 1320. The Morgan fingerprint density at radius 2 is 1.72 bits per heavy atom. The molecule has 36 heavy (non-hydrogen) atoms. The molecule has 3 aromatic rings. The van der Waals surface area contributed by atoms with Gasteiger partial charge < -0.3 is 14.8 Å². The van der Waals surface area contributed by atoms with Crippen molar-refractivity contribution in [3.8, 4) is 5.75 Å². The smallest absolute Gasteiger partial charge is 0.228 e. The van der Waals surface area contributed by atoms with E-state index < -0.39 is 21.3 Å². The highest BCUT2D eigenvalue weighted by molar-refractivity contribution is 7.91. The van der Waals surface area contributed by atoms with Gasteiger partial charge in [0.25, 0.3) is 0 Å². The monoisotopic (exact) mass is 531 g/mol. The van der Waals surface area contributed by atoms with Crippen molar-refractivity contribution in [3.63, 3.8) is 0 Å². The molecule has 1 fully saturated rings. The molecule has 0 bridgehead atoms. The van der Waals surface area contributed by atoms with E-state index in [2.05, 4.69) is 5.32 Å². The first-order valence-corrected chi connectivity index (χ1v) is 13.7. The topological polar surface area (TPSA) is 81.7 Å². The Hall–Kier alpha value is -2.94. The average Bonchev–Trinajstić information content (AvgIpc) is 2.87. The SMILES string of the molecule is CCS(=O)(=O)c1ccc(CC(=O)Nc2ccc(OC3(c4ccc(Cl)c(F)c4)CCOCC3)cc2)cc1. The van der Waals surface area contributed by atoms with Crippen LogP contribution in [0.1, 0.15) is 30.9 Å². The van der Waals surface area contributed by atoms with Crippen molar-refractivity contribution in [1.82, 2.24) is 0 Å². The number of benzene rings is 3. The van der Waals surface area contributed by atoms with Crippen LogP contribution in [0.4, 0.5) is 10.1 Å². The molecule has 4 rings (SSSR count). The summed E-state index contributed by atoms with van der Waals surface area (Å²) in [5, 5.41) is 2.89. The van der Waals surface area contributed by atoms with Crippen molar-refractivity contribution in [3.05, 3.63) is 88.7 Å². The van der Waals surface area contributed by atoms with Crippen molar-refractivity contribution < 1.29 is 27.1 Å². The summed E-state index contributed by atoms with van der Waals surface area (Å²) in [5.74, 6) is -0.119. The van der Waals surface area contributed by atoms with E-state index in [-0.39, 0.29) is 28.0 Å². The van der Waals surface area contributed by atoms with Crippen molar-refractivity contribution in [2.45, 2.75) is 36.7 Å². The van der Waals surface area contributed by atoms with Crippen LogP contribution in [0.2, 0.25) is 5.02 Å². The predicted molar refractivity (Wildman–Crippen MR) is 137 cm³/mol. The van der Waals surface area contributed by atoms with Crippen molar-refractivity contribution in [1.29, 1.82) is 0 Å². The Morgan fingerprint density at radius 3 is 2.33 bits per heavy atom. The van der Waals surface area contributed by atoms with Crippen LogP contribution in [0.5, 0.6) is 5.75 Å².